The third kappa shape index (κ3) is 6.85. The third-order valence-electron chi connectivity index (χ3n) is 8.72. The number of piperidine rings is 2. The van der Waals surface area contributed by atoms with E-state index < -0.39 is 22.6 Å². The number of carboxylic acids is 1. The number of carbonyl (C=O) groups excluding carboxylic acids is 3. The average molecular weight is 567 g/mol. The number of nitrogens with zero attached hydrogens (tertiary/aromatic N) is 2. The van der Waals surface area contributed by atoms with Crippen LogP contribution in [-0.2, 0) is 23.8 Å². The molecule has 4 fully saturated rings. The molecule has 10 heteroatoms. The Labute approximate surface area is 239 Å². The van der Waals surface area contributed by atoms with Gasteiger partial charge >= 0.3 is 24.1 Å². The summed E-state index contributed by atoms with van der Waals surface area (Å²) in [7, 11) is 1.40. The molecule has 0 aromatic heterocycles. The topological polar surface area (TPSA) is 123 Å². The van der Waals surface area contributed by atoms with Gasteiger partial charge in [0.2, 0.25) is 0 Å². The SMILES string of the molecule is CCCC1(C(=O)O)CCC2CCC1N2C(=O)OC(C)(C)C.COC(=O)C1CCC2CCC1N2C(=O)OC(C)(C)C. The van der Waals surface area contributed by atoms with Gasteiger partial charge in [-0.3, -0.25) is 9.59 Å². The Balaban J connectivity index is 0.000000222. The predicted octanol–water partition coefficient (Wildman–Crippen LogP) is 5.76. The first-order chi connectivity index (χ1) is 18.5. The predicted molar refractivity (Wildman–Crippen MR) is 149 cm³/mol. The van der Waals surface area contributed by atoms with Crippen molar-refractivity contribution in [2.24, 2.45) is 11.3 Å². The van der Waals surface area contributed by atoms with Crippen molar-refractivity contribution in [1.29, 1.82) is 0 Å². The van der Waals surface area contributed by atoms with Gasteiger partial charge in [0.1, 0.15) is 11.2 Å². The number of rotatable bonds is 4. The number of methoxy groups -OCH3 is 1. The van der Waals surface area contributed by atoms with Crippen LogP contribution in [0.1, 0.15) is 113 Å². The number of carbonyl (C=O) groups is 4. The molecule has 4 rings (SSSR count). The second kappa shape index (κ2) is 12.1. The monoisotopic (exact) mass is 566 g/mol. The molecule has 40 heavy (non-hydrogen) atoms. The van der Waals surface area contributed by atoms with Crippen molar-refractivity contribution in [3.63, 3.8) is 0 Å². The van der Waals surface area contributed by atoms with Gasteiger partial charge in [0.05, 0.1) is 24.5 Å². The van der Waals surface area contributed by atoms with Crippen molar-refractivity contribution in [1.82, 2.24) is 9.80 Å². The van der Waals surface area contributed by atoms with E-state index in [0.29, 0.717) is 12.8 Å². The minimum absolute atomic E-state index is 0.0546. The Kier molecular flexibility index (Phi) is 9.72. The highest BCUT2D eigenvalue weighted by atomic mass is 16.6. The van der Waals surface area contributed by atoms with Gasteiger partial charge in [-0.05, 0) is 99.3 Å². The summed E-state index contributed by atoms with van der Waals surface area (Å²) in [5, 5.41) is 9.79. The molecule has 4 bridgehead atoms. The minimum atomic E-state index is -0.793. The van der Waals surface area contributed by atoms with Gasteiger partial charge in [-0.15, -0.1) is 0 Å². The van der Waals surface area contributed by atoms with Crippen molar-refractivity contribution in [3.05, 3.63) is 0 Å². The zero-order valence-corrected chi connectivity index (χ0v) is 25.7. The van der Waals surface area contributed by atoms with Crippen LogP contribution in [-0.4, -0.2) is 81.5 Å². The maximum absolute atomic E-state index is 12.5. The second-order valence-corrected chi connectivity index (χ2v) is 13.8. The summed E-state index contributed by atoms with van der Waals surface area (Å²) in [5.74, 6) is -1.17. The molecular formula is C30H50N2O8. The summed E-state index contributed by atoms with van der Waals surface area (Å²) in [6.45, 7) is 13.1. The van der Waals surface area contributed by atoms with Crippen LogP contribution >= 0.6 is 0 Å². The Morgan fingerprint density at radius 3 is 1.85 bits per heavy atom. The molecule has 0 aliphatic carbocycles. The Morgan fingerprint density at radius 2 is 1.32 bits per heavy atom. The summed E-state index contributed by atoms with van der Waals surface area (Å²) in [6, 6.07) is 0.0968. The maximum atomic E-state index is 12.5. The highest BCUT2D eigenvalue weighted by molar-refractivity contribution is 5.79. The van der Waals surface area contributed by atoms with E-state index in [0.717, 1.165) is 51.4 Å². The largest absolute Gasteiger partial charge is 0.481 e. The lowest BCUT2D eigenvalue weighted by molar-refractivity contribution is -0.157. The van der Waals surface area contributed by atoms with Gasteiger partial charge < -0.3 is 29.1 Å². The minimum Gasteiger partial charge on any atom is -0.481 e. The van der Waals surface area contributed by atoms with Gasteiger partial charge in [0.15, 0.2) is 0 Å². The van der Waals surface area contributed by atoms with Crippen LogP contribution in [0.2, 0.25) is 0 Å². The Morgan fingerprint density at radius 1 is 0.800 bits per heavy atom. The number of fused-ring (bicyclic) bond motifs is 4. The molecule has 6 atom stereocenters. The number of esters is 1. The fraction of sp³-hybridized carbons (Fsp3) is 0.867. The summed E-state index contributed by atoms with van der Waals surface area (Å²) in [4.78, 5) is 52.0. The fourth-order valence-corrected chi connectivity index (χ4v) is 7.17. The van der Waals surface area contributed by atoms with E-state index in [2.05, 4.69) is 0 Å². The fourth-order valence-electron chi connectivity index (χ4n) is 7.17. The standard InChI is InChI=1S/C16H27NO4.C14H23NO4/c1-5-9-16(13(18)19)10-8-11-6-7-12(16)17(11)14(20)21-15(2,3)4;1-14(2,3)19-13(17)15-9-5-7-10(12(16)18-4)11(15)8-6-9/h11-12H,5-10H2,1-4H3,(H,18,19);9-11H,5-8H2,1-4H3. The van der Waals surface area contributed by atoms with E-state index in [4.69, 9.17) is 14.2 Å². The van der Waals surface area contributed by atoms with Crippen molar-refractivity contribution in [3.8, 4) is 0 Å². The molecule has 0 spiro atoms. The number of hydrogen-bond acceptors (Lipinski definition) is 7. The molecule has 10 nitrogen and oxygen atoms in total. The van der Waals surface area contributed by atoms with Gasteiger partial charge in [-0.2, -0.15) is 0 Å². The van der Waals surface area contributed by atoms with E-state index in [-0.39, 0.29) is 48.2 Å². The van der Waals surface area contributed by atoms with E-state index in [1.807, 2.05) is 48.5 Å². The van der Waals surface area contributed by atoms with E-state index in [1.165, 1.54) is 7.11 Å². The van der Waals surface area contributed by atoms with Crippen LogP contribution < -0.4 is 0 Å². The molecule has 4 aliphatic heterocycles. The Bertz CT molecular complexity index is 954. The normalized spacial score (nSPS) is 31.1. The van der Waals surface area contributed by atoms with E-state index in [9.17, 15) is 24.3 Å². The van der Waals surface area contributed by atoms with Crippen molar-refractivity contribution in [2.75, 3.05) is 7.11 Å². The highest BCUT2D eigenvalue weighted by Gasteiger charge is 2.57. The smallest absolute Gasteiger partial charge is 0.410 e. The van der Waals surface area contributed by atoms with Crippen LogP contribution in [0.15, 0.2) is 0 Å². The lowest BCUT2D eigenvalue weighted by atomic mass is 9.71. The van der Waals surface area contributed by atoms with Crippen molar-refractivity contribution in [2.45, 2.75) is 148 Å². The number of ether oxygens (including phenoxy) is 3. The summed E-state index contributed by atoms with van der Waals surface area (Å²) in [6.07, 6.45) is 7.38. The third-order valence-corrected chi connectivity index (χ3v) is 8.72. The highest BCUT2D eigenvalue weighted by Crippen LogP contribution is 2.50. The quantitative estimate of drug-likeness (QED) is 0.337. The van der Waals surface area contributed by atoms with Crippen LogP contribution in [0.5, 0.6) is 0 Å². The van der Waals surface area contributed by atoms with Gasteiger partial charge in [-0.1, -0.05) is 13.3 Å². The first kappa shape index (κ1) is 32.0. The molecule has 2 amide bonds. The van der Waals surface area contributed by atoms with Gasteiger partial charge in [0.25, 0.3) is 0 Å². The summed E-state index contributed by atoms with van der Waals surface area (Å²) < 4.78 is 15.8. The molecule has 4 saturated heterocycles. The number of aliphatic carboxylic acids is 1. The van der Waals surface area contributed by atoms with Crippen molar-refractivity contribution < 1.29 is 38.5 Å². The van der Waals surface area contributed by atoms with Crippen LogP contribution in [0.4, 0.5) is 9.59 Å². The van der Waals surface area contributed by atoms with Gasteiger partial charge in [-0.25, -0.2) is 9.59 Å². The number of amides is 2. The van der Waals surface area contributed by atoms with E-state index in [1.54, 1.807) is 9.80 Å². The maximum Gasteiger partial charge on any atom is 0.410 e. The molecule has 228 valence electrons. The summed E-state index contributed by atoms with van der Waals surface area (Å²) in [5.41, 5.74) is -1.85. The summed E-state index contributed by atoms with van der Waals surface area (Å²) >= 11 is 0. The molecular weight excluding hydrogens is 516 g/mol. The lowest BCUT2D eigenvalue weighted by Gasteiger charge is -2.46. The second-order valence-electron chi connectivity index (χ2n) is 13.8. The molecule has 4 aliphatic rings. The molecule has 4 heterocycles. The molecule has 0 aromatic carbocycles. The lowest BCUT2D eigenvalue weighted by Crippen LogP contribution is -2.57. The Hall–Kier alpha value is -2.52. The van der Waals surface area contributed by atoms with Crippen LogP contribution in [0.3, 0.4) is 0 Å². The number of hydrogen-bond donors (Lipinski definition) is 1. The zero-order chi connectivity index (χ0) is 30.0. The van der Waals surface area contributed by atoms with Gasteiger partial charge in [0, 0.05) is 18.1 Å². The molecule has 0 saturated carbocycles. The van der Waals surface area contributed by atoms with Crippen LogP contribution in [0, 0.1) is 11.3 Å². The molecule has 0 aromatic rings. The molecule has 0 radical (unpaired) electrons. The first-order valence-corrected chi connectivity index (χ1v) is 14.9. The van der Waals surface area contributed by atoms with Crippen molar-refractivity contribution >= 4 is 24.1 Å². The first-order valence-electron chi connectivity index (χ1n) is 14.9. The molecule has 1 N–H and O–H groups in total. The van der Waals surface area contributed by atoms with Crippen LogP contribution in [0.25, 0.3) is 0 Å². The average Bonchev–Trinajstić information content (AvgIpc) is 3.33. The number of carboxylic acid groups (broad SMARTS) is 1. The molecule has 6 unspecified atom stereocenters. The van der Waals surface area contributed by atoms with E-state index >= 15 is 0 Å². The zero-order valence-electron chi connectivity index (χ0n) is 25.7.